The lowest BCUT2D eigenvalue weighted by molar-refractivity contribution is 0.0898. The molecule has 25 heavy (non-hydrogen) atoms. The molecule has 0 bridgehead atoms. The van der Waals surface area contributed by atoms with Gasteiger partial charge in [0, 0.05) is 24.1 Å². The summed E-state index contributed by atoms with van der Waals surface area (Å²) in [6.45, 7) is 8.34. The van der Waals surface area contributed by atoms with Gasteiger partial charge in [-0.05, 0) is 43.5 Å². The highest BCUT2D eigenvalue weighted by Crippen LogP contribution is 2.38. The highest BCUT2D eigenvalue weighted by molar-refractivity contribution is 6.07. The Morgan fingerprint density at radius 2 is 1.92 bits per heavy atom. The summed E-state index contributed by atoms with van der Waals surface area (Å²) < 4.78 is 11.2. The normalized spacial score (nSPS) is 15.6. The van der Waals surface area contributed by atoms with E-state index < -0.39 is 0 Å². The second-order valence-corrected chi connectivity index (χ2v) is 7.21. The van der Waals surface area contributed by atoms with E-state index in [1.807, 2.05) is 20.8 Å². The zero-order valence-electron chi connectivity index (χ0n) is 15.1. The van der Waals surface area contributed by atoms with E-state index in [1.165, 1.54) is 0 Å². The van der Waals surface area contributed by atoms with Crippen LogP contribution in [0.1, 0.15) is 59.4 Å². The molecular weight excluding hydrogens is 318 g/mol. The summed E-state index contributed by atoms with van der Waals surface area (Å²) in [6.07, 6.45) is 1.13. The average Bonchev–Trinajstić information content (AvgIpc) is 2.85. The third kappa shape index (κ3) is 3.45. The number of nitrogens with one attached hydrogen (secondary N) is 1. The molecule has 0 saturated heterocycles. The van der Waals surface area contributed by atoms with Crippen molar-refractivity contribution < 1.29 is 18.7 Å². The number of ether oxygens (including phenoxy) is 1. The second-order valence-electron chi connectivity index (χ2n) is 7.21. The monoisotopic (exact) mass is 341 g/mol. The Morgan fingerprint density at radius 1 is 1.24 bits per heavy atom. The Labute approximate surface area is 147 Å². The van der Waals surface area contributed by atoms with Gasteiger partial charge in [0.2, 0.25) is 0 Å². The van der Waals surface area contributed by atoms with Crippen LogP contribution in [0.2, 0.25) is 0 Å². The third-order valence-corrected chi connectivity index (χ3v) is 4.41. The molecule has 1 N–H and O–H groups in total. The number of rotatable bonds is 4. The van der Waals surface area contributed by atoms with Crippen LogP contribution in [0.3, 0.4) is 0 Å². The molecule has 1 aliphatic rings. The van der Waals surface area contributed by atoms with Gasteiger partial charge in [0.15, 0.2) is 11.5 Å². The van der Waals surface area contributed by atoms with Gasteiger partial charge in [0.1, 0.15) is 11.5 Å². The minimum atomic E-state index is -0.346. The van der Waals surface area contributed by atoms with E-state index in [-0.39, 0.29) is 22.9 Å². The fourth-order valence-electron chi connectivity index (χ4n) is 3.29. The standard InChI is InChI=1S/C20H23NO4/c1-5-24-14-8-6-13(7-9-14)21-19(23)18-12(2)17-15(22)10-20(3,4)11-16(17)25-18/h6-9H,5,10-11H2,1-4H3,(H,21,23). The summed E-state index contributed by atoms with van der Waals surface area (Å²) in [6, 6.07) is 7.14. The lowest BCUT2D eigenvalue weighted by atomic mass is 9.76. The van der Waals surface area contributed by atoms with Gasteiger partial charge in [0.05, 0.1) is 12.2 Å². The molecule has 5 heteroatoms. The van der Waals surface area contributed by atoms with Crippen molar-refractivity contribution in [1.29, 1.82) is 0 Å². The average molecular weight is 341 g/mol. The molecule has 0 fully saturated rings. The van der Waals surface area contributed by atoms with Crippen LogP contribution in [-0.4, -0.2) is 18.3 Å². The SMILES string of the molecule is CCOc1ccc(NC(=O)c2oc3c(c2C)C(=O)CC(C)(C)C3)cc1. The maximum atomic E-state index is 12.6. The van der Waals surface area contributed by atoms with Crippen LogP contribution in [0.15, 0.2) is 28.7 Å². The second kappa shape index (κ2) is 6.39. The number of carbonyl (C=O) groups is 2. The van der Waals surface area contributed by atoms with E-state index in [0.29, 0.717) is 42.0 Å². The van der Waals surface area contributed by atoms with Gasteiger partial charge in [-0.1, -0.05) is 13.8 Å². The first-order chi connectivity index (χ1) is 11.8. The van der Waals surface area contributed by atoms with Gasteiger partial charge in [0.25, 0.3) is 5.91 Å². The summed E-state index contributed by atoms with van der Waals surface area (Å²) in [5, 5.41) is 2.81. The minimum Gasteiger partial charge on any atom is -0.494 e. The molecule has 1 amide bonds. The van der Waals surface area contributed by atoms with E-state index in [9.17, 15) is 9.59 Å². The maximum absolute atomic E-state index is 12.6. The topological polar surface area (TPSA) is 68.5 Å². The van der Waals surface area contributed by atoms with Crippen molar-refractivity contribution in [2.45, 2.75) is 40.5 Å². The smallest absolute Gasteiger partial charge is 0.291 e. The third-order valence-electron chi connectivity index (χ3n) is 4.41. The predicted molar refractivity (Wildman–Crippen MR) is 95.4 cm³/mol. The number of hydrogen-bond donors (Lipinski definition) is 1. The molecule has 0 aliphatic heterocycles. The van der Waals surface area contributed by atoms with Crippen LogP contribution in [0, 0.1) is 12.3 Å². The maximum Gasteiger partial charge on any atom is 0.291 e. The van der Waals surface area contributed by atoms with Crippen molar-refractivity contribution in [2.24, 2.45) is 5.41 Å². The molecule has 0 atom stereocenters. The lowest BCUT2D eigenvalue weighted by Crippen LogP contribution is -2.26. The van der Waals surface area contributed by atoms with Crippen LogP contribution in [0.5, 0.6) is 5.75 Å². The molecule has 0 saturated carbocycles. The molecule has 132 valence electrons. The number of anilines is 1. The van der Waals surface area contributed by atoms with Crippen molar-refractivity contribution in [3.05, 3.63) is 46.9 Å². The minimum absolute atomic E-state index is 0.0487. The summed E-state index contributed by atoms with van der Waals surface area (Å²) in [5.74, 6) is 1.28. The number of benzene rings is 1. The highest BCUT2D eigenvalue weighted by Gasteiger charge is 2.37. The highest BCUT2D eigenvalue weighted by atomic mass is 16.5. The molecule has 0 unspecified atom stereocenters. The molecule has 1 aromatic heterocycles. The van der Waals surface area contributed by atoms with Crippen molar-refractivity contribution in [3.8, 4) is 5.75 Å². The lowest BCUT2D eigenvalue weighted by Gasteiger charge is -2.27. The van der Waals surface area contributed by atoms with Gasteiger partial charge in [-0.2, -0.15) is 0 Å². The van der Waals surface area contributed by atoms with Crippen LogP contribution in [0.25, 0.3) is 0 Å². The summed E-state index contributed by atoms with van der Waals surface area (Å²) in [5.41, 5.74) is 1.71. The summed E-state index contributed by atoms with van der Waals surface area (Å²) in [4.78, 5) is 25.0. The Hall–Kier alpha value is -2.56. The van der Waals surface area contributed by atoms with Crippen molar-refractivity contribution in [1.82, 2.24) is 0 Å². The molecule has 1 aliphatic carbocycles. The zero-order valence-corrected chi connectivity index (χ0v) is 15.1. The molecule has 5 nitrogen and oxygen atoms in total. The van der Waals surface area contributed by atoms with E-state index in [0.717, 1.165) is 5.75 Å². The number of hydrogen-bond acceptors (Lipinski definition) is 4. The van der Waals surface area contributed by atoms with Gasteiger partial charge in [-0.15, -0.1) is 0 Å². The fourth-order valence-corrected chi connectivity index (χ4v) is 3.29. The Kier molecular flexibility index (Phi) is 4.41. The Bertz CT molecular complexity index is 815. The molecular formula is C20H23NO4. The molecule has 0 radical (unpaired) electrons. The number of carbonyl (C=O) groups excluding carboxylic acids is 2. The summed E-state index contributed by atoms with van der Waals surface area (Å²) >= 11 is 0. The molecule has 1 aromatic carbocycles. The number of fused-ring (bicyclic) bond motifs is 1. The first kappa shape index (κ1) is 17.3. The van der Waals surface area contributed by atoms with E-state index in [2.05, 4.69) is 5.32 Å². The molecule has 0 spiro atoms. The Morgan fingerprint density at radius 3 is 2.56 bits per heavy atom. The van der Waals surface area contributed by atoms with Crippen molar-refractivity contribution in [2.75, 3.05) is 11.9 Å². The van der Waals surface area contributed by atoms with E-state index in [4.69, 9.17) is 9.15 Å². The molecule has 1 heterocycles. The van der Waals surface area contributed by atoms with Crippen molar-refractivity contribution >= 4 is 17.4 Å². The Balaban J connectivity index is 1.83. The quantitative estimate of drug-likeness (QED) is 0.895. The number of amides is 1. The molecule has 3 rings (SSSR count). The number of ketones is 1. The number of Topliss-reactive ketones (excluding diaryl/α,β-unsaturated/α-hetero) is 1. The van der Waals surface area contributed by atoms with Gasteiger partial charge in [-0.25, -0.2) is 0 Å². The first-order valence-electron chi connectivity index (χ1n) is 8.50. The van der Waals surface area contributed by atoms with Crippen LogP contribution < -0.4 is 10.1 Å². The van der Waals surface area contributed by atoms with Crippen LogP contribution in [-0.2, 0) is 6.42 Å². The van der Waals surface area contributed by atoms with E-state index >= 15 is 0 Å². The fraction of sp³-hybridized carbons (Fsp3) is 0.400. The van der Waals surface area contributed by atoms with E-state index in [1.54, 1.807) is 31.2 Å². The summed E-state index contributed by atoms with van der Waals surface area (Å²) in [7, 11) is 0. The largest absolute Gasteiger partial charge is 0.494 e. The van der Waals surface area contributed by atoms with Gasteiger partial charge in [-0.3, -0.25) is 9.59 Å². The molecule has 2 aromatic rings. The van der Waals surface area contributed by atoms with Gasteiger partial charge >= 0.3 is 0 Å². The van der Waals surface area contributed by atoms with Crippen molar-refractivity contribution in [3.63, 3.8) is 0 Å². The van der Waals surface area contributed by atoms with Gasteiger partial charge < -0.3 is 14.5 Å². The van der Waals surface area contributed by atoms with Crippen LogP contribution >= 0.6 is 0 Å². The first-order valence-corrected chi connectivity index (χ1v) is 8.50. The predicted octanol–water partition coefficient (Wildman–Crippen LogP) is 4.39. The van der Waals surface area contributed by atoms with Crippen LogP contribution in [0.4, 0.5) is 5.69 Å². The number of furan rings is 1. The zero-order chi connectivity index (χ0) is 18.2.